The minimum Gasteiger partial charge on any atom is -0.497 e. The maximum atomic E-state index is 13.4. The van der Waals surface area contributed by atoms with Crippen LogP contribution in [-0.2, 0) is 11.3 Å². The van der Waals surface area contributed by atoms with Gasteiger partial charge in [-0.2, -0.15) is 0 Å². The number of benzene rings is 2. The lowest BCUT2D eigenvalue weighted by Crippen LogP contribution is -2.36. The van der Waals surface area contributed by atoms with E-state index in [1.54, 1.807) is 30.9 Å². The summed E-state index contributed by atoms with van der Waals surface area (Å²) in [4.78, 5) is 28.3. The average molecular weight is 452 g/mol. The Morgan fingerprint density at radius 1 is 1.09 bits per heavy atom. The van der Waals surface area contributed by atoms with Crippen molar-refractivity contribution in [3.8, 4) is 11.5 Å². The molecule has 0 saturated carbocycles. The maximum Gasteiger partial charge on any atom is 0.269 e. The molecule has 0 fully saturated rings. The van der Waals surface area contributed by atoms with E-state index in [0.717, 1.165) is 16.8 Å². The quantitative estimate of drug-likeness (QED) is 0.615. The largest absolute Gasteiger partial charge is 0.497 e. The van der Waals surface area contributed by atoms with E-state index >= 15 is 0 Å². The molecule has 0 aliphatic carbocycles. The summed E-state index contributed by atoms with van der Waals surface area (Å²) >= 11 is 1.32. The molecule has 4 rings (SSSR count). The molecule has 0 atom stereocenters. The minimum atomic E-state index is -0.195. The highest BCUT2D eigenvalue weighted by Crippen LogP contribution is 2.29. The number of hydrogen-bond acceptors (Lipinski definition) is 6. The number of para-hydroxylation sites is 1. The highest BCUT2D eigenvalue weighted by molar-refractivity contribution is 7.07. The summed E-state index contributed by atoms with van der Waals surface area (Å²) in [5, 5.41) is 2.91. The summed E-state index contributed by atoms with van der Waals surface area (Å²) in [6, 6.07) is 13.0. The van der Waals surface area contributed by atoms with E-state index in [2.05, 4.69) is 5.32 Å². The van der Waals surface area contributed by atoms with Crippen molar-refractivity contribution in [2.45, 2.75) is 6.54 Å². The van der Waals surface area contributed by atoms with Crippen molar-refractivity contribution in [2.75, 3.05) is 40.2 Å². The standard InChI is InChI=1S/C24H25N3O4S/c1-26(2)11-12-27-23(29)20(13-15-9-10-16(30-3)14-19(15)31-4)32-24(27)21-17-7-5-6-8-18(17)25-22(21)28/h5-10,13-14H,11-12H2,1-4H3,(H,25,28)/b20-13-,24-21+. The zero-order valence-corrected chi connectivity index (χ0v) is 19.3. The van der Waals surface area contributed by atoms with Crippen LogP contribution < -0.4 is 29.5 Å². The number of nitrogens with one attached hydrogen (secondary N) is 1. The summed E-state index contributed by atoms with van der Waals surface area (Å²) in [6.07, 6.45) is 1.81. The Bertz CT molecular complexity index is 1350. The first-order valence-corrected chi connectivity index (χ1v) is 11.0. The van der Waals surface area contributed by atoms with Gasteiger partial charge in [0, 0.05) is 36.0 Å². The highest BCUT2D eigenvalue weighted by Gasteiger charge is 2.26. The zero-order valence-electron chi connectivity index (χ0n) is 18.5. The predicted molar refractivity (Wildman–Crippen MR) is 127 cm³/mol. The molecule has 0 bridgehead atoms. The van der Waals surface area contributed by atoms with Crippen LogP contribution in [0.3, 0.4) is 0 Å². The SMILES string of the molecule is COc1ccc(/C=c2\s/c(=C3/C(=O)Nc4ccccc43)n(CCN(C)C)c2=O)c(OC)c1. The van der Waals surface area contributed by atoms with E-state index < -0.39 is 0 Å². The van der Waals surface area contributed by atoms with Gasteiger partial charge in [0.05, 0.1) is 24.3 Å². The van der Waals surface area contributed by atoms with Crippen LogP contribution in [0.1, 0.15) is 11.1 Å². The van der Waals surface area contributed by atoms with Crippen LogP contribution in [0.5, 0.6) is 11.5 Å². The van der Waals surface area contributed by atoms with Crippen LogP contribution in [0.4, 0.5) is 5.69 Å². The molecule has 0 unspecified atom stereocenters. The van der Waals surface area contributed by atoms with Crippen LogP contribution in [-0.4, -0.2) is 50.2 Å². The number of carbonyl (C=O) groups is 1. The molecule has 2 heterocycles. The lowest BCUT2D eigenvalue weighted by atomic mass is 10.1. The summed E-state index contributed by atoms with van der Waals surface area (Å²) in [5.41, 5.74) is 2.73. The Kier molecular flexibility index (Phi) is 6.16. The van der Waals surface area contributed by atoms with Crippen molar-refractivity contribution in [3.63, 3.8) is 0 Å². The van der Waals surface area contributed by atoms with E-state index in [-0.39, 0.29) is 11.5 Å². The van der Waals surface area contributed by atoms with Crippen molar-refractivity contribution in [2.24, 2.45) is 0 Å². The molecule has 166 valence electrons. The Balaban J connectivity index is 1.98. The number of anilines is 1. The number of methoxy groups -OCH3 is 2. The van der Waals surface area contributed by atoms with Gasteiger partial charge in [0.15, 0.2) is 0 Å². The third kappa shape index (κ3) is 4.06. The molecule has 0 spiro atoms. The van der Waals surface area contributed by atoms with Crippen LogP contribution in [0.15, 0.2) is 47.3 Å². The normalized spacial score (nSPS) is 15.2. The Morgan fingerprint density at radius 2 is 1.88 bits per heavy atom. The van der Waals surface area contributed by atoms with Crippen molar-refractivity contribution in [3.05, 3.63) is 73.1 Å². The minimum absolute atomic E-state index is 0.130. The molecule has 1 amide bonds. The van der Waals surface area contributed by atoms with Gasteiger partial charge < -0.3 is 19.7 Å². The molecule has 7 nitrogen and oxygen atoms in total. The number of nitrogens with zero attached hydrogens (tertiary/aromatic N) is 2. The fourth-order valence-electron chi connectivity index (χ4n) is 3.62. The van der Waals surface area contributed by atoms with E-state index in [4.69, 9.17) is 9.47 Å². The van der Waals surface area contributed by atoms with Gasteiger partial charge in [0.1, 0.15) is 16.2 Å². The Labute approximate surface area is 189 Å². The van der Waals surface area contributed by atoms with E-state index in [9.17, 15) is 9.59 Å². The zero-order chi connectivity index (χ0) is 22.8. The molecule has 1 N–H and O–H groups in total. The summed E-state index contributed by atoms with van der Waals surface area (Å²) in [7, 11) is 7.08. The number of ether oxygens (including phenoxy) is 2. The third-order valence-corrected chi connectivity index (χ3v) is 6.42. The number of aromatic nitrogens is 1. The lowest BCUT2D eigenvalue weighted by molar-refractivity contribution is -0.110. The summed E-state index contributed by atoms with van der Waals surface area (Å²) in [6.45, 7) is 1.15. The summed E-state index contributed by atoms with van der Waals surface area (Å²) < 4.78 is 13.6. The van der Waals surface area contributed by atoms with Gasteiger partial charge in [0.2, 0.25) is 0 Å². The van der Waals surface area contributed by atoms with Gasteiger partial charge in [0.25, 0.3) is 11.5 Å². The molecule has 2 aromatic carbocycles. The maximum absolute atomic E-state index is 13.4. The number of carbonyl (C=O) groups excluding carboxylic acids is 1. The molecule has 8 heteroatoms. The third-order valence-electron chi connectivity index (χ3n) is 5.29. The van der Waals surface area contributed by atoms with Crippen molar-refractivity contribution < 1.29 is 14.3 Å². The smallest absolute Gasteiger partial charge is 0.269 e. The molecule has 1 aliphatic heterocycles. The molecule has 1 aliphatic rings. The molecule has 0 saturated heterocycles. The first-order valence-electron chi connectivity index (χ1n) is 10.2. The molecule has 1 aromatic heterocycles. The van der Waals surface area contributed by atoms with Gasteiger partial charge in [-0.05, 0) is 38.4 Å². The number of fused-ring (bicyclic) bond motifs is 1. The lowest BCUT2D eigenvalue weighted by Gasteiger charge is -2.10. The van der Waals surface area contributed by atoms with Gasteiger partial charge in [-0.3, -0.25) is 14.2 Å². The second-order valence-corrected chi connectivity index (χ2v) is 8.69. The van der Waals surface area contributed by atoms with Crippen molar-refractivity contribution in [1.82, 2.24) is 9.47 Å². The Hall–Kier alpha value is -3.36. The van der Waals surface area contributed by atoms with Crippen LogP contribution >= 0.6 is 11.3 Å². The van der Waals surface area contributed by atoms with Crippen LogP contribution in [0.25, 0.3) is 11.6 Å². The molecular weight excluding hydrogens is 426 g/mol. The monoisotopic (exact) mass is 451 g/mol. The first-order chi connectivity index (χ1) is 15.4. The van der Waals surface area contributed by atoms with Crippen LogP contribution in [0.2, 0.25) is 0 Å². The van der Waals surface area contributed by atoms with Crippen molar-refractivity contribution in [1.29, 1.82) is 0 Å². The Morgan fingerprint density at radius 3 is 2.59 bits per heavy atom. The topological polar surface area (TPSA) is 72.8 Å². The van der Waals surface area contributed by atoms with Gasteiger partial charge in [-0.15, -0.1) is 11.3 Å². The van der Waals surface area contributed by atoms with Gasteiger partial charge >= 0.3 is 0 Å². The number of hydrogen-bond donors (Lipinski definition) is 1. The number of amides is 1. The second-order valence-electron chi connectivity index (χ2n) is 7.66. The van der Waals surface area contributed by atoms with Crippen LogP contribution in [0, 0.1) is 0 Å². The van der Waals surface area contributed by atoms with E-state index in [1.807, 2.05) is 55.4 Å². The molecule has 0 radical (unpaired) electrons. The number of likely N-dealkylation sites (N-methyl/N-ethyl adjacent to an activating group) is 1. The highest BCUT2D eigenvalue weighted by atomic mass is 32.1. The summed E-state index contributed by atoms with van der Waals surface area (Å²) in [5.74, 6) is 1.08. The fourth-order valence-corrected chi connectivity index (χ4v) is 4.80. The van der Waals surface area contributed by atoms with Gasteiger partial charge in [-0.1, -0.05) is 18.2 Å². The molecular formula is C24H25N3O4S. The van der Waals surface area contributed by atoms with E-state index in [1.165, 1.54) is 11.3 Å². The number of rotatable bonds is 6. The predicted octanol–water partition coefficient (Wildman–Crippen LogP) is 1.47. The fraction of sp³-hybridized carbons (Fsp3) is 0.250. The van der Waals surface area contributed by atoms with E-state index in [0.29, 0.717) is 39.4 Å². The van der Waals surface area contributed by atoms with Crippen molar-refractivity contribution >= 4 is 34.6 Å². The second kappa shape index (κ2) is 9.02. The molecule has 32 heavy (non-hydrogen) atoms. The average Bonchev–Trinajstić information content (AvgIpc) is 3.27. The number of thiazole rings is 1. The first kappa shape index (κ1) is 21.9. The molecule has 3 aromatic rings. The van der Waals surface area contributed by atoms with Gasteiger partial charge in [-0.25, -0.2) is 0 Å².